The van der Waals surface area contributed by atoms with Crippen molar-refractivity contribution in [2.24, 2.45) is 13.0 Å². The van der Waals surface area contributed by atoms with E-state index in [1.807, 2.05) is 42.5 Å². The lowest BCUT2D eigenvalue weighted by Crippen LogP contribution is -2.42. The number of rotatable bonds is 13. The lowest BCUT2D eigenvalue weighted by Gasteiger charge is -2.37. The average molecular weight is 643 g/mol. The van der Waals surface area contributed by atoms with E-state index < -0.39 is 0 Å². The number of piperidine rings is 1. The fourth-order valence-electron chi connectivity index (χ4n) is 6.12. The summed E-state index contributed by atoms with van der Waals surface area (Å²) >= 11 is 6.57. The van der Waals surface area contributed by atoms with Crippen molar-refractivity contribution in [2.75, 3.05) is 31.6 Å². The van der Waals surface area contributed by atoms with Gasteiger partial charge in [0.05, 0.1) is 35.9 Å². The van der Waals surface area contributed by atoms with Gasteiger partial charge >= 0.3 is 6.03 Å². The lowest BCUT2D eigenvalue weighted by molar-refractivity contribution is -0.126. The largest absolute Gasteiger partial charge is 0.372 e. The Balaban J connectivity index is 1.53. The highest BCUT2D eigenvalue weighted by molar-refractivity contribution is 6.30. The van der Waals surface area contributed by atoms with Gasteiger partial charge in [-0.15, -0.1) is 6.58 Å². The molecule has 242 valence electrons. The summed E-state index contributed by atoms with van der Waals surface area (Å²) in [6.07, 6.45) is 6.38. The van der Waals surface area contributed by atoms with Gasteiger partial charge in [0.15, 0.2) is 0 Å². The van der Waals surface area contributed by atoms with Gasteiger partial charge in [0.2, 0.25) is 5.91 Å². The van der Waals surface area contributed by atoms with Gasteiger partial charge in [-0.1, -0.05) is 29.8 Å². The van der Waals surface area contributed by atoms with Crippen LogP contribution >= 0.6 is 11.6 Å². The van der Waals surface area contributed by atoms with Crippen LogP contribution < -0.4 is 10.6 Å². The Kier molecular flexibility index (Phi) is 12.2. The van der Waals surface area contributed by atoms with E-state index in [0.29, 0.717) is 48.3 Å². The van der Waals surface area contributed by atoms with Gasteiger partial charge in [-0.3, -0.25) is 4.79 Å². The molecule has 2 heterocycles. The van der Waals surface area contributed by atoms with Crippen LogP contribution in [-0.2, 0) is 16.6 Å². The SMILES string of the molecule is C=C(C)CC(c1ccc(Cl)cc1C(=C)CC(NC(=O)COCC)c1cncn1C)C1CCN(C(=O)Nc2ccc(C#N)cc2)CC1. The molecule has 3 aromatic rings. The van der Waals surface area contributed by atoms with Crippen molar-refractivity contribution in [3.8, 4) is 6.07 Å². The van der Waals surface area contributed by atoms with E-state index in [-0.39, 0.29) is 30.5 Å². The molecule has 4 rings (SSSR count). The summed E-state index contributed by atoms with van der Waals surface area (Å²) < 4.78 is 7.24. The first-order valence-electron chi connectivity index (χ1n) is 15.6. The summed E-state index contributed by atoms with van der Waals surface area (Å²) in [5.41, 5.74) is 6.10. The number of halogens is 1. The number of ether oxygens (including phenoxy) is 1. The molecule has 1 aromatic heterocycles. The molecule has 0 radical (unpaired) electrons. The fraction of sp³-hybridized carbons (Fsp3) is 0.389. The van der Waals surface area contributed by atoms with E-state index in [9.17, 15) is 9.59 Å². The minimum absolute atomic E-state index is 0.0232. The summed E-state index contributed by atoms with van der Waals surface area (Å²) in [6, 6.07) is 14.4. The number of benzene rings is 2. The third-order valence-corrected chi connectivity index (χ3v) is 8.69. The van der Waals surface area contributed by atoms with E-state index >= 15 is 0 Å². The maximum Gasteiger partial charge on any atom is 0.321 e. The second-order valence-electron chi connectivity index (χ2n) is 11.9. The van der Waals surface area contributed by atoms with Crippen LogP contribution in [0.15, 0.2) is 73.7 Å². The minimum atomic E-state index is -0.364. The second-order valence-corrected chi connectivity index (χ2v) is 12.4. The molecule has 0 saturated carbocycles. The number of nitrogens with one attached hydrogen (secondary N) is 2. The van der Waals surface area contributed by atoms with E-state index in [1.54, 1.807) is 36.8 Å². The fourth-order valence-corrected chi connectivity index (χ4v) is 6.29. The summed E-state index contributed by atoms with van der Waals surface area (Å²) in [5, 5.41) is 15.7. The Labute approximate surface area is 276 Å². The van der Waals surface area contributed by atoms with Crippen LogP contribution in [0, 0.1) is 17.2 Å². The number of carbonyl (C=O) groups is 2. The number of nitrogens with zero attached hydrogens (tertiary/aromatic N) is 4. The molecule has 2 N–H and O–H groups in total. The highest BCUT2D eigenvalue weighted by Gasteiger charge is 2.32. The number of likely N-dealkylation sites (tertiary alicyclic amines) is 1. The normalized spacial score (nSPS) is 14.6. The number of anilines is 1. The van der Waals surface area contributed by atoms with Gasteiger partial charge in [-0.25, -0.2) is 9.78 Å². The van der Waals surface area contributed by atoms with Gasteiger partial charge in [-0.05, 0) is 104 Å². The first-order chi connectivity index (χ1) is 22.1. The van der Waals surface area contributed by atoms with E-state index in [0.717, 1.165) is 47.2 Å². The quantitative estimate of drug-likeness (QED) is 0.191. The monoisotopic (exact) mass is 642 g/mol. The van der Waals surface area contributed by atoms with Gasteiger partial charge in [-0.2, -0.15) is 5.26 Å². The number of nitriles is 1. The number of urea groups is 1. The molecule has 3 amide bonds. The zero-order valence-electron chi connectivity index (χ0n) is 26.9. The topological polar surface area (TPSA) is 112 Å². The first-order valence-corrected chi connectivity index (χ1v) is 16.0. The van der Waals surface area contributed by atoms with Crippen LogP contribution in [0.5, 0.6) is 0 Å². The number of aryl methyl sites for hydroxylation is 1. The first kappa shape index (κ1) is 34.5. The number of imidazole rings is 1. The summed E-state index contributed by atoms with van der Waals surface area (Å²) in [7, 11) is 1.90. The van der Waals surface area contributed by atoms with Crippen molar-refractivity contribution in [3.63, 3.8) is 0 Å². The van der Waals surface area contributed by atoms with Crippen LogP contribution in [-0.4, -0.2) is 52.7 Å². The standard InChI is InChI=1S/C36H43ClN6O3/c1-6-46-22-35(44)41-33(34-21-39-23-42(34)5)18-25(4)31-19-28(37)9-12-30(31)32(17-24(2)3)27-13-15-43(16-14-27)36(45)40-29-10-7-26(20-38)8-11-29/h7-12,19,21,23,27,32-33H,2,4,6,13-18,22H2,1,3,5H3,(H,40,45)(H,41,44). The van der Waals surface area contributed by atoms with Crippen LogP contribution in [0.25, 0.3) is 5.57 Å². The molecular weight excluding hydrogens is 600 g/mol. The Morgan fingerprint density at radius 1 is 1.15 bits per heavy atom. The molecule has 0 spiro atoms. The zero-order chi connectivity index (χ0) is 33.2. The van der Waals surface area contributed by atoms with Gasteiger partial charge in [0.25, 0.3) is 0 Å². The maximum atomic E-state index is 13.1. The number of hydrogen-bond donors (Lipinski definition) is 2. The zero-order valence-corrected chi connectivity index (χ0v) is 27.6. The third-order valence-electron chi connectivity index (χ3n) is 8.46. The van der Waals surface area contributed by atoms with Gasteiger partial charge in [0, 0.05) is 37.5 Å². The summed E-state index contributed by atoms with van der Waals surface area (Å²) in [4.78, 5) is 31.9. The number of allylic oxidation sites excluding steroid dienone is 1. The molecule has 2 atom stereocenters. The van der Waals surface area contributed by atoms with Crippen LogP contribution in [0.2, 0.25) is 5.02 Å². The molecule has 1 aliphatic rings. The molecule has 1 fully saturated rings. The predicted octanol–water partition coefficient (Wildman–Crippen LogP) is 7.24. The molecule has 1 aliphatic heterocycles. The summed E-state index contributed by atoms with van der Waals surface area (Å²) in [5.74, 6) is 0.248. The summed E-state index contributed by atoms with van der Waals surface area (Å²) in [6.45, 7) is 14.3. The molecule has 46 heavy (non-hydrogen) atoms. The number of hydrogen-bond acceptors (Lipinski definition) is 5. The number of amides is 3. The Morgan fingerprint density at radius 2 is 1.87 bits per heavy atom. The molecular formula is C36H43ClN6O3. The maximum absolute atomic E-state index is 13.1. The van der Waals surface area contributed by atoms with Crippen molar-refractivity contribution < 1.29 is 14.3 Å². The van der Waals surface area contributed by atoms with E-state index in [1.165, 1.54) is 0 Å². The molecule has 0 aliphatic carbocycles. The Hall–Kier alpha value is -4.39. The van der Waals surface area contributed by atoms with Gasteiger partial charge < -0.3 is 24.8 Å². The predicted molar refractivity (Wildman–Crippen MR) is 182 cm³/mol. The van der Waals surface area contributed by atoms with Crippen LogP contribution in [0.4, 0.5) is 10.5 Å². The van der Waals surface area contributed by atoms with E-state index in [4.69, 9.17) is 21.6 Å². The molecule has 10 heteroatoms. The van der Waals surface area contributed by atoms with E-state index in [2.05, 4.69) is 40.9 Å². The second kappa shape index (κ2) is 16.3. The minimum Gasteiger partial charge on any atom is -0.372 e. The van der Waals surface area contributed by atoms with Crippen LogP contribution in [0.3, 0.4) is 0 Å². The lowest BCUT2D eigenvalue weighted by atomic mass is 9.74. The molecule has 9 nitrogen and oxygen atoms in total. The highest BCUT2D eigenvalue weighted by Crippen LogP contribution is 2.42. The van der Waals surface area contributed by atoms with Crippen molar-refractivity contribution in [1.29, 1.82) is 5.26 Å². The smallest absolute Gasteiger partial charge is 0.321 e. The Morgan fingerprint density at radius 3 is 2.48 bits per heavy atom. The highest BCUT2D eigenvalue weighted by atomic mass is 35.5. The molecule has 2 unspecified atom stereocenters. The van der Waals surface area contributed by atoms with Crippen molar-refractivity contribution >= 4 is 34.8 Å². The molecule has 0 bridgehead atoms. The van der Waals surface area contributed by atoms with Crippen molar-refractivity contribution in [3.05, 3.63) is 101 Å². The Bertz CT molecular complexity index is 1580. The van der Waals surface area contributed by atoms with Crippen LogP contribution in [0.1, 0.15) is 73.9 Å². The average Bonchev–Trinajstić information content (AvgIpc) is 3.48. The number of aromatic nitrogens is 2. The van der Waals surface area contributed by atoms with Gasteiger partial charge in [0.1, 0.15) is 6.61 Å². The van der Waals surface area contributed by atoms with Crippen molar-refractivity contribution in [1.82, 2.24) is 19.8 Å². The number of carbonyl (C=O) groups excluding carboxylic acids is 2. The molecule has 1 saturated heterocycles. The van der Waals surface area contributed by atoms with Crippen molar-refractivity contribution in [2.45, 2.75) is 51.5 Å². The molecule has 2 aromatic carbocycles. The third kappa shape index (κ3) is 9.09.